The van der Waals surface area contributed by atoms with Gasteiger partial charge in [-0.05, 0) is 12.8 Å². The Morgan fingerprint density at radius 1 is 1.12 bits per heavy atom. The maximum Gasteiger partial charge on any atom is 0.327 e. The summed E-state index contributed by atoms with van der Waals surface area (Å²) in [7, 11) is 7.11. The highest BCUT2D eigenvalue weighted by molar-refractivity contribution is 6.06. The first-order valence-corrected chi connectivity index (χ1v) is 8.12. The molecule has 130 valence electrons. The minimum absolute atomic E-state index is 0.0756. The van der Waals surface area contributed by atoms with Gasteiger partial charge in [0.05, 0.1) is 0 Å². The van der Waals surface area contributed by atoms with E-state index in [0.717, 1.165) is 25.2 Å². The fraction of sp³-hybridized carbons (Fsp3) is 0.625. The summed E-state index contributed by atoms with van der Waals surface area (Å²) in [6, 6.07) is -0.207. The molecule has 8 nitrogen and oxygen atoms in total. The van der Waals surface area contributed by atoms with Crippen LogP contribution in [0.15, 0.2) is 12.4 Å². The molecule has 8 heteroatoms. The van der Waals surface area contributed by atoms with Crippen LogP contribution in [0.5, 0.6) is 0 Å². The third-order valence-electron chi connectivity index (χ3n) is 5.10. The van der Waals surface area contributed by atoms with Crippen molar-refractivity contribution in [3.8, 4) is 0 Å². The second-order valence-corrected chi connectivity index (χ2v) is 6.80. The number of urea groups is 1. The Labute approximate surface area is 142 Å². The topological polar surface area (TPSA) is 72.9 Å². The predicted octanol–water partition coefficient (Wildman–Crippen LogP) is 0.401. The molecule has 1 aromatic heterocycles. The summed E-state index contributed by atoms with van der Waals surface area (Å²) < 4.78 is 0. The molecule has 1 aromatic rings. The summed E-state index contributed by atoms with van der Waals surface area (Å²) >= 11 is 0. The molecule has 0 radical (unpaired) electrons. The summed E-state index contributed by atoms with van der Waals surface area (Å²) in [6.07, 6.45) is 5.01. The fourth-order valence-corrected chi connectivity index (χ4v) is 3.50. The number of likely N-dealkylation sites (N-methyl/N-ethyl adjacent to an activating group) is 2. The van der Waals surface area contributed by atoms with E-state index in [2.05, 4.69) is 14.9 Å². The zero-order chi connectivity index (χ0) is 17.5. The van der Waals surface area contributed by atoms with Crippen molar-refractivity contribution in [1.29, 1.82) is 0 Å². The van der Waals surface area contributed by atoms with Crippen molar-refractivity contribution < 1.29 is 9.59 Å². The molecule has 0 aromatic carbocycles. The molecule has 1 spiro atoms. The molecule has 0 bridgehead atoms. The lowest BCUT2D eigenvalue weighted by Crippen LogP contribution is -2.55. The van der Waals surface area contributed by atoms with Crippen LogP contribution < -0.4 is 4.90 Å². The van der Waals surface area contributed by atoms with Gasteiger partial charge in [-0.15, -0.1) is 0 Å². The van der Waals surface area contributed by atoms with Gasteiger partial charge < -0.3 is 9.80 Å². The van der Waals surface area contributed by atoms with E-state index in [4.69, 9.17) is 0 Å². The highest BCUT2D eigenvalue weighted by atomic mass is 16.2. The molecule has 3 amide bonds. The van der Waals surface area contributed by atoms with Crippen LogP contribution in [0.1, 0.15) is 18.4 Å². The number of carbonyl (C=O) groups is 2. The summed E-state index contributed by atoms with van der Waals surface area (Å²) in [4.78, 5) is 40.2. The molecule has 2 fully saturated rings. The molecule has 0 aliphatic carbocycles. The van der Waals surface area contributed by atoms with E-state index < -0.39 is 5.54 Å². The third-order valence-corrected chi connectivity index (χ3v) is 5.10. The van der Waals surface area contributed by atoms with E-state index in [9.17, 15) is 9.59 Å². The number of likely N-dealkylation sites (tertiary alicyclic amines) is 1. The van der Waals surface area contributed by atoms with E-state index in [1.54, 1.807) is 19.0 Å². The lowest BCUT2D eigenvalue weighted by Gasteiger charge is -2.40. The highest BCUT2D eigenvalue weighted by Gasteiger charge is 2.55. The van der Waals surface area contributed by atoms with Crippen LogP contribution >= 0.6 is 0 Å². The smallest absolute Gasteiger partial charge is 0.327 e. The Kier molecular flexibility index (Phi) is 4.16. The quantitative estimate of drug-likeness (QED) is 0.746. The van der Waals surface area contributed by atoms with Crippen molar-refractivity contribution in [2.24, 2.45) is 0 Å². The van der Waals surface area contributed by atoms with Gasteiger partial charge in [0.15, 0.2) is 0 Å². The molecule has 2 aliphatic rings. The molecule has 2 saturated heterocycles. The molecular weight excluding hydrogens is 308 g/mol. The Morgan fingerprint density at radius 3 is 2.17 bits per heavy atom. The van der Waals surface area contributed by atoms with Gasteiger partial charge in [-0.1, -0.05) is 0 Å². The lowest BCUT2D eigenvalue weighted by molar-refractivity contribution is -0.134. The summed E-state index contributed by atoms with van der Waals surface area (Å²) in [5.41, 5.74) is 0.393. The van der Waals surface area contributed by atoms with E-state index in [1.165, 1.54) is 4.90 Å². The lowest BCUT2D eigenvalue weighted by atomic mass is 9.86. The van der Waals surface area contributed by atoms with Crippen LogP contribution in [-0.4, -0.2) is 83.4 Å². The maximum atomic E-state index is 12.5. The summed E-state index contributed by atoms with van der Waals surface area (Å²) in [5, 5.41) is 0. The number of piperidine rings is 1. The average molecular weight is 332 g/mol. The van der Waals surface area contributed by atoms with Crippen LogP contribution in [-0.2, 0) is 11.3 Å². The molecular formula is C16H24N6O2. The van der Waals surface area contributed by atoms with E-state index in [1.807, 2.05) is 31.4 Å². The van der Waals surface area contributed by atoms with Crippen LogP contribution in [0.2, 0.25) is 0 Å². The van der Waals surface area contributed by atoms with Crippen LogP contribution in [0.4, 0.5) is 10.7 Å². The first-order chi connectivity index (χ1) is 11.3. The Balaban J connectivity index is 1.63. The zero-order valence-corrected chi connectivity index (χ0v) is 14.7. The Hall–Kier alpha value is -2.22. The number of amides is 3. The van der Waals surface area contributed by atoms with E-state index in [0.29, 0.717) is 18.8 Å². The maximum absolute atomic E-state index is 12.5. The van der Waals surface area contributed by atoms with Gasteiger partial charge in [0.1, 0.15) is 5.54 Å². The molecule has 3 heterocycles. The van der Waals surface area contributed by atoms with E-state index in [-0.39, 0.29) is 11.9 Å². The molecule has 0 saturated carbocycles. The predicted molar refractivity (Wildman–Crippen MR) is 89.5 cm³/mol. The third kappa shape index (κ3) is 2.60. The average Bonchev–Trinajstić information content (AvgIpc) is 2.74. The number of imide groups is 1. The second kappa shape index (κ2) is 6.01. The summed E-state index contributed by atoms with van der Waals surface area (Å²) in [6.45, 7) is 2.30. The standard InChI is InChI=1S/C16H24N6O2/c1-19(2)14-17-9-12(10-18-14)11-22-7-5-16(6-8-22)13(23)20(3)15(24)21(16)4/h9-10H,5-8,11H2,1-4H3. The molecule has 24 heavy (non-hydrogen) atoms. The zero-order valence-electron chi connectivity index (χ0n) is 14.7. The van der Waals surface area contributed by atoms with Crippen molar-refractivity contribution in [2.45, 2.75) is 24.9 Å². The molecule has 3 rings (SSSR count). The van der Waals surface area contributed by atoms with Gasteiger partial charge in [-0.2, -0.15) is 0 Å². The molecule has 0 N–H and O–H groups in total. The Bertz CT molecular complexity index is 636. The van der Waals surface area contributed by atoms with Crippen molar-refractivity contribution in [2.75, 3.05) is 46.2 Å². The van der Waals surface area contributed by atoms with E-state index >= 15 is 0 Å². The van der Waals surface area contributed by atoms with Gasteiger partial charge in [-0.25, -0.2) is 14.8 Å². The number of anilines is 1. The van der Waals surface area contributed by atoms with Crippen LogP contribution in [0, 0.1) is 0 Å². The van der Waals surface area contributed by atoms with Gasteiger partial charge >= 0.3 is 6.03 Å². The monoisotopic (exact) mass is 332 g/mol. The highest BCUT2D eigenvalue weighted by Crippen LogP contribution is 2.35. The molecule has 0 unspecified atom stereocenters. The molecule has 2 aliphatic heterocycles. The van der Waals surface area contributed by atoms with Gasteiger partial charge in [0.2, 0.25) is 5.95 Å². The van der Waals surface area contributed by atoms with Crippen molar-refractivity contribution >= 4 is 17.9 Å². The van der Waals surface area contributed by atoms with Crippen molar-refractivity contribution in [1.82, 2.24) is 24.7 Å². The van der Waals surface area contributed by atoms with Gasteiger partial charge in [0.25, 0.3) is 5.91 Å². The minimum atomic E-state index is -0.659. The molecule has 0 atom stereocenters. The largest absolute Gasteiger partial charge is 0.347 e. The minimum Gasteiger partial charge on any atom is -0.347 e. The number of rotatable bonds is 3. The number of carbonyl (C=O) groups excluding carboxylic acids is 2. The fourth-order valence-electron chi connectivity index (χ4n) is 3.50. The van der Waals surface area contributed by atoms with Gasteiger partial charge in [-0.3, -0.25) is 14.6 Å². The number of nitrogens with zero attached hydrogens (tertiary/aromatic N) is 6. The van der Waals surface area contributed by atoms with Crippen molar-refractivity contribution in [3.05, 3.63) is 18.0 Å². The van der Waals surface area contributed by atoms with Crippen molar-refractivity contribution in [3.63, 3.8) is 0 Å². The van der Waals surface area contributed by atoms with Crippen LogP contribution in [0.3, 0.4) is 0 Å². The number of hydrogen-bond donors (Lipinski definition) is 0. The SMILES string of the molecule is CN1C(=O)N(C)C2(CCN(Cc3cnc(N(C)C)nc3)CC2)C1=O. The first-order valence-electron chi connectivity index (χ1n) is 8.12. The second-order valence-electron chi connectivity index (χ2n) is 6.80. The Morgan fingerprint density at radius 2 is 1.71 bits per heavy atom. The van der Waals surface area contributed by atoms with Crippen LogP contribution in [0.25, 0.3) is 0 Å². The van der Waals surface area contributed by atoms with Gasteiger partial charge in [0, 0.05) is 65.8 Å². The summed E-state index contributed by atoms with van der Waals surface area (Å²) in [5.74, 6) is 0.615. The first kappa shape index (κ1) is 16.6. The number of aromatic nitrogens is 2. The number of hydrogen-bond acceptors (Lipinski definition) is 6. The normalized spacial score (nSPS) is 21.0.